The molecule has 1 aromatic carbocycles. The normalized spacial score (nSPS) is 15.1. The van der Waals surface area contributed by atoms with Gasteiger partial charge in [0.25, 0.3) is 0 Å². The summed E-state index contributed by atoms with van der Waals surface area (Å²) in [5.41, 5.74) is 7.12. The smallest absolute Gasteiger partial charge is 0.368 e. The van der Waals surface area contributed by atoms with E-state index in [1.54, 1.807) is 0 Å². The van der Waals surface area contributed by atoms with Crippen molar-refractivity contribution in [1.82, 2.24) is 24.8 Å². The number of hydrogen-bond donors (Lipinski definition) is 2. The quantitative estimate of drug-likeness (QED) is 0.619. The maximum absolute atomic E-state index is 12.7. The van der Waals surface area contributed by atoms with Gasteiger partial charge in [-0.05, 0) is 31.2 Å². The van der Waals surface area contributed by atoms with Gasteiger partial charge in [0.2, 0.25) is 11.9 Å². The van der Waals surface area contributed by atoms with Crippen LogP contribution in [0.2, 0.25) is 0 Å². The van der Waals surface area contributed by atoms with Crippen LogP contribution in [0.1, 0.15) is 17.0 Å². The lowest BCUT2D eigenvalue weighted by molar-refractivity contribution is -0.137. The van der Waals surface area contributed by atoms with Gasteiger partial charge in [0.05, 0.1) is 12.1 Å². The maximum Gasteiger partial charge on any atom is 0.417 e. The topological polar surface area (TPSA) is 96.1 Å². The molecular weight excluding hydrogens is 421 g/mol. The van der Waals surface area contributed by atoms with Gasteiger partial charge in [-0.25, -0.2) is 4.98 Å². The van der Waals surface area contributed by atoms with Crippen molar-refractivity contribution >= 4 is 23.4 Å². The highest BCUT2D eigenvalue weighted by Gasteiger charge is 2.31. The average Bonchev–Trinajstić information content (AvgIpc) is 2.75. The minimum atomic E-state index is -4.39. The number of nitrogens with zero attached hydrogens (tertiary/aromatic N) is 6. The Labute approximate surface area is 183 Å². The molecule has 0 atom stereocenters. The molecular formula is C21H23F3N8. The Hall–Kier alpha value is -3.47. The first kappa shape index (κ1) is 21.8. The van der Waals surface area contributed by atoms with Crippen molar-refractivity contribution < 1.29 is 13.2 Å². The standard InChI is InChI=1S/C21H23F3N8/c1-14-2-5-16(6-3-14)27-20-29-17(28-19(25)30-20)13-31-8-10-32(11-9-31)18-7-4-15(12-26-18)21(22,23)24/h2-7,12H,8-11,13H2,1H3,(H3,25,27,28,29,30). The van der Waals surface area contributed by atoms with Gasteiger partial charge in [-0.3, -0.25) is 4.90 Å². The number of nitrogen functional groups attached to an aromatic ring is 1. The summed E-state index contributed by atoms with van der Waals surface area (Å²) in [7, 11) is 0. The van der Waals surface area contributed by atoms with Crippen molar-refractivity contribution in [2.45, 2.75) is 19.6 Å². The monoisotopic (exact) mass is 444 g/mol. The number of benzene rings is 1. The molecule has 0 amide bonds. The fourth-order valence-electron chi connectivity index (χ4n) is 3.41. The predicted molar refractivity (Wildman–Crippen MR) is 115 cm³/mol. The third kappa shape index (κ3) is 5.41. The lowest BCUT2D eigenvalue weighted by Gasteiger charge is -2.35. The van der Waals surface area contributed by atoms with Crippen molar-refractivity contribution in [3.8, 4) is 0 Å². The van der Waals surface area contributed by atoms with Gasteiger partial charge in [-0.1, -0.05) is 17.7 Å². The fourth-order valence-corrected chi connectivity index (χ4v) is 3.41. The molecule has 11 heteroatoms. The summed E-state index contributed by atoms with van der Waals surface area (Å²) in [6, 6.07) is 10.3. The number of nitrogens with one attached hydrogen (secondary N) is 1. The SMILES string of the molecule is Cc1ccc(Nc2nc(N)nc(CN3CCN(c4ccc(C(F)(F)F)cn4)CC3)n2)cc1. The summed E-state index contributed by atoms with van der Waals surface area (Å²) in [4.78, 5) is 20.9. The molecule has 1 saturated heterocycles. The van der Waals surface area contributed by atoms with Gasteiger partial charge >= 0.3 is 6.18 Å². The van der Waals surface area contributed by atoms with Crippen molar-refractivity contribution in [2.24, 2.45) is 0 Å². The molecule has 1 aliphatic rings. The summed E-state index contributed by atoms with van der Waals surface area (Å²) in [5, 5.41) is 3.14. The molecule has 0 spiro atoms. The Bertz CT molecular complexity index is 1050. The third-order valence-corrected chi connectivity index (χ3v) is 5.14. The second kappa shape index (κ2) is 8.95. The van der Waals surface area contributed by atoms with Crippen molar-refractivity contribution in [1.29, 1.82) is 0 Å². The Kier molecular flexibility index (Phi) is 6.08. The molecule has 0 radical (unpaired) electrons. The van der Waals surface area contributed by atoms with E-state index in [2.05, 4.69) is 30.2 Å². The van der Waals surface area contributed by atoms with Crippen LogP contribution in [-0.2, 0) is 12.7 Å². The van der Waals surface area contributed by atoms with E-state index in [4.69, 9.17) is 5.73 Å². The number of hydrogen-bond acceptors (Lipinski definition) is 8. The van der Waals surface area contributed by atoms with Crippen LogP contribution in [0.15, 0.2) is 42.6 Å². The van der Waals surface area contributed by atoms with E-state index in [1.165, 1.54) is 6.07 Å². The average molecular weight is 444 g/mol. The zero-order chi connectivity index (χ0) is 22.7. The van der Waals surface area contributed by atoms with E-state index in [9.17, 15) is 13.2 Å². The first-order valence-electron chi connectivity index (χ1n) is 10.1. The fraction of sp³-hybridized carbons (Fsp3) is 0.333. The Morgan fingerprint density at radius 3 is 2.31 bits per heavy atom. The number of nitrogens with two attached hydrogens (primary N) is 1. The number of rotatable bonds is 5. The van der Waals surface area contributed by atoms with Crippen molar-refractivity contribution in [3.63, 3.8) is 0 Å². The number of anilines is 4. The Morgan fingerprint density at radius 1 is 0.969 bits per heavy atom. The van der Waals surface area contributed by atoms with Gasteiger partial charge in [0.15, 0.2) is 0 Å². The second-order valence-electron chi connectivity index (χ2n) is 7.59. The van der Waals surface area contributed by atoms with Crippen LogP contribution < -0.4 is 16.0 Å². The molecule has 168 valence electrons. The molecule has 0 unspecified atom stereocenters. The van der Waals surface area contributed by atoms with Crippen LogP contribution >= 0.6 is 0 Å². The summed E-state index contributed by atoms with van der Waals surface area (Å²) >= 11 is 0. The molecule has 4 rings (SSSR count). The van der Waals surface area contributed by atoms with E-state index < -0.39 is 11.7 Å². The van der Waals surface area contributed by atoms with Crippen LogP contribution in [0.5, 0.6) is 0 Å². The van der Waals surface area contributed by atoms with Crippen LogP contribution in [0.4, 0.5) is 36.6 Å². The largest absolute Gasteiger partial charge is 0.417 e. The van der Waals surface area contributed by atoms with Crippen LogP contribution in [0.3, 0.4) is 0 Å². The molecule has 8 nitrogen and oxygen atoms in total. The number of halogens is 3. The van der Waals surface area contributed by atoms with E-state index in [0.29, 0.717) is 50.3 Å². The van der Waals surface area contributed by atoms with Crippen LogP contribution in [-0.4, -0.2) is 51.0 Å². The summed E-state index contributed by atoms with van der Waals surface area (Å²) in [6.07, 6.45) is -3.51. The van der Waals surface area contributed by atoms with Gasteiger partial charge in [-0.2, -0.15) is 28.1 Å². The first-order valence-corrected chi connectivity index (χ1v) is 10.1. The number of piperazine rings is 1. The first-order chi connectivity index (χ1) is 15.3. The molecule has 32 heavy (non-hydrogen) atoms. The number of alkyl halides is 3. The van der Waals surface area contributed by atoms with Gasteiger partial charge in [0.1, 0.15) is 11.6 Å². The maximum atomic E-state index is 12.7. The van der Waals surface area contributed by atoms with Crippen LogP contribution in [0, 0.1) is 6.92 Å². The molecule has 2 aromatic heterocycles. The van der Waals surface area contributed by atoms with E-state index >= 15 is 0 Å². The highest BCUT2D eigenvalue weighted by Crippen LogP contribution is 2.29. The zero-order valence-corrected chi connectivity index (χ0v) is 17.5. The van der Waals surface area contributed by atoms with Crippen LogP contribution in [0.25, 0.3) is 0 Å². The highest BCUT2D eigenvalue weighted by atomic mass is 19.4. The van der Waals surface area contributed by atoms with Crippen molar-refractivity contribution in [2.75, 3.05) is 42.1 Å². The van der Waals surface area contributed by atoms with E-state index in [-0.39, 0.29) is 5.95 Å². The van der Waals surface area contributed by atoms with E-state index in [1.807, 2.05) is 36.1 Å². The molecule has 3 heterocycles. The number of aryl methyl sites for hydroxylation is 1. The van der Waals surface area contributed by atoms with Crippen molar-refractivity contribution in [3.05, 3.63) is 59.5 Å². The molecule has 1 aliphatic heterocycles. The summed E-state index contributed by atoms with van der Waals surface area (Å²) in [5.74, 6) is 1.60. The van der Waals surface area contributed by atoms with Gasteiger partial charge < -0.3 is 16.0 Å². The molecule has 3 N–H and O–H groups in total. The van der Waals surface area contributed by atoms with Gasteiger partial charge in [0, 0.05) is 38.1 Å². The molecule has 0 saturated carbocycles. The Balaban J connectivity index is 1.35. The minimum Gasteiger partial charge on any atom is -0.368 e. The zero-order valence-electron chi connectivity index (χ0n) is 17.5. The summed E-state index contributed by atoms with van der Waals surface area (Å²) in [6.45, 7) is 5.14. The van der Waals surface area contributed by atoms with E-state index in [0.717, 1.165) is 23.5 Å². The lowest BCUT2D eigenvalue weighted by atomic mass is 10.2. The minimum absolute atomic E-state index is 0.136. The Morgan fingerprint density at radius 2 is 1.69 bits per heavy atom. The summed E-state index contributed by atoms with van der Waals surface area (Å²) < 4.78 is 38.2. The third-order valence-electron chi connectivity index (χ3n) is 5.14. The number of aromatic nitrogens is 4. The van der Waals surface area contributed by atoms with Gasteiger partial charge in [-0.15, -0.1) is 0 Å². The molecule has 0 bridgehead atoms. The lowest BCUT2D eigenvalue weighted by Crippen LogP contribution is -2.46. The number of pyridine rings is 1. The molecule has 0 aliphatic carbocycles. The predicted octanol–water partition coefficient (Wildman–Crippen LogP) is 3.24. The highest BCUT2D eigenvalue weighted by molar-refractivity contribution is 5.54. The molecule has 3 aromatic rings. The molecule has 1 fully saturated rings. The second-order valence-corrected chi connectivity index (χ2v) is 7.59.